The Kier molecular flexibility index (Phi) is 4.51. The van der Waals surface area contributed by atoms with Crippen molar-refractivity contribution in [2.75, 3.05) is 0 Å². The molecule has 25 heavy (non-hydrogen) atoms. The minimum atomic E-state index is -4.15. The van der Waals surface area contributed by atoms with Crippen LogP contribution in [0, 0.1) is 17.5 Å². The van der Waals surface area contributed by atoms with Gasteiger partial charge in [-0.05, 0) is 34.7 Å². The third kappa shape index (κ3) is 3.51. The minimum absolute atomic E-state index is 0.00548. The number of hydrogen-bond acceptors (Lipinski definition) is 5. The summed E-state index contributed by atoms with van der Waals surface area (Å²) in [6.45, 7) is -0.386. The number of tetrazole rings is 1. The number of rotatable bonds is 5. The molecule has 1 heterocycles. The molecule has 0 unspecified atom stereocenters. The minimum Gasteiger partial charge on any atom is -0.207 e. The SMILES string of the molecule is O=S(=O)(NCc1nnnn1-c1ccc(F)c(F)c1)c1ccccc1F. The largest absolute Gasteiger partial charge is 0.243 e. The number of benzene rings is 2. The summed E-state index contributed by atoms with van der Waals surface area (Å²) in [6.07, 6.45) is 0. The quantitative estimate of drug-likeness (QED) is 0.737. The first-order valence-electron chi connectivity index (χ1n) is 6.85. The second kappa shape index (κ2) is 6.61. The van der Waals surface area contributed by atoms with Gasteiger partial charge in [-0.2, -0.15) is 4.68 Å². The molecule has 0 fully saturated rings. The molecular weight excluding hydrogens is 359 g/mol. The van der Waals surface area contributed by atoms with Crippen LogP contribution in [0.5, 0.6) is 0 Å². The highest BCUT2D eigenvalue weighted by Crippen LogP contribution is 2.15. The lowest BCUT2D eigenvalue weighted by Crippen LogP contribution is -2.26. The Bertz CT molecular complexity index is 1020. The molecule has 7 nitrogen and oxygen atoms in total. The van der Waals surface area contributed by atoms with E-state index in [1.807, 2.05) is 0 Å². The fraction of sp³-hybridized carbons (Fsp3) is 0.0714. The van der Waals surface area contributed by atoms with Gasteiger partial charge in [0.2, 0.25) is 10.0 Å². The number of sulfonamides is 1. The Morgan fingerprint density at radius 3 is 2.48 bits per heavy atom. The van der Waals surface area contributed by atoms with Crippen LogP contribution in [0.25, 0.3) is 5.69 Å². The van der Waals surface area contributed by atoms with Gasteiger partial charge in [-0.15, -0.1) is 5.10 Å². The molecule has 0 aliphatic rings. The molecule has 0 bridgehead atoms. The van der Waals surface area contributed by atoms with Crippen molar-refractivity contribution in [2.45, 2.75) is 11.4 Å². The van der Waals surface area contributed by atoms with Crippen molar-refractivity contribution in [3.63, 3.8) is 0 Å². The lowest BCUT2D eigenvalue weighted by atomic mass is 10.3. The second-order valence-electron chi connectivity index (χ2n) is 4.86. The zero-order valence-corrected chi connectivity index (χ0v) is 13.2. The fourth-order valence-corrected chi connectivity index (χ4v) is 3.09. The van der Waals surface area contributed by atoms with E-state index in [2.05, 4.69) is 20.2 Å². The Morgan fingerprint density at radius 1 is 1.00 bits per heavy atom. The summed E-state index contributed by atoms with van der Waals surface area (Å²) in [5, 5.41) is 10.6. The molecule has 0 saturated heterocycles. The Hall–Kier alpha value is -2.79. The zero-order valence-electron chi connectivity index (χ0n) is 12.4. The monoisotopic (exact) mass is 369 g/mol. The summed E-state index contributed by atoms with van der Waals surface area (Å²) in [5.41, 5.74) is 0.101. The van der Waals surface area contributed by atoms with E-state index >= 15 is 0 Å². The molecule has 0 radical (unpaired) electrons. The van der Waals surface area contributed by atoms with Gasteiger partial charge in [0.25, 0.3) is 0 Å². The van der Waals surface area contributed by atoms with Gasteiger partial charge in [-0.3, -0.25) is 0 Å². The first-order valence-corrected chi connectivity index (χ1v) is 8.34. The summed E-state index contributed by atoms with van der Waals surface area (Å²) < 4.78 is 67.5. The molecule has 1 N–H and O–H groups in total. The molecule has 0 aliphatic heterocycles. The maximum Gasteiger partial charge on any atom is 0.243 e. The first-order chi connectivity index (χ1) is 11.9. The molecule has 0 saturated carbocycles. The van der Waals surface area contributed by atoms with Crippen LogP contribution in [0.1, 0.15) is 5.82 Å². The molecule has 0 amide bonds. The van der Waals surface area contributed by atoms with Crippen LogP contribution in [0.15, 0.2) is 47.4 Å². The van der Waals surface area contributed by atoms with Gasteiger partial charge in [-0.25, -0.2) is 26.3 Å². The van der Waals surface area contributed by atoms with Crippen molar-refractivity contribution >= 4 is 10.0 Å². The predicted molar refractivity (Wildman–Crippen MR) is 79.5 cm³/mol. The smallest absolute Gasteiger partial charge is 0.207 e. The lowest BCUT2D eigenvalue weighted by Gasteiger charge is -2.08. The van der Waals surface area contributed by atoms with Crippen LogP contribution in [-0.4, -0.2) is 28.6 Å². The van der Waals surface area contributed by atoms with Crippen LogP contribution in [0.4, 0.5) is 13.2 Å². The summed E-state index contributed by atoms with van der Waals surface area (Å²) in [4.78, 5) is -0.526. The van der Waals surface area contributed by atoms with E-state index in [4.69, 9.17) is 0 Å². The third-order valence-electron chi connectivity index (χ3n) is 3.23. The number of nitrogens with one attached hydrogen (secondary N) is 1. The van der Waals surface area contributed by atoms with Crippen molar-refractivity contribution in [1.82, 2.24) is 24.9 Å². The van der Waals surface area contributed by atoms with E-state index < -0.39 is 32.4 Å². The van der Waals surface area contributed by atoms with Gasteiger partial charge in [0.1, 0.15) is 10.7 Å². The Balaban J connectivity index is 1.85. The van der Waals surface area contributed by atoms with Gasteiger partial charge < -0.3 is 0 Å². The Morgan fingerprint density at radius 2 is 1.76 bits per heavy atom. The topological polar surface area (TPSA) is 89.8 Å². The molecule has 0 aliphatic carbocycles. The standard InChI is InChI=1S/C14H10F3N5O2S/c15-10-6-5-9(7-12(10)17)22-14(19-20-21-22)8-18-25(23,24)13-4-2-1-3-11(13)16/h1-7,18H,8H2. The van der Waals surface area contributed by atoms with E-state index in [9.17, 15) is 21.6 Å². The molecule has 0 spiro atoms. The highest BCUT2D eigenvalue weighted by molar-refractivity contribution is 7.89. The van der Waals surface area contributed by atoms with Crippen LogP contribution < -0.4 is 4.72 Å². The molecule has 2 aromatic carbocycles. The normalized spacial score (nSPS) is 11.6. The molecule has 11 heteroatoms. The van der Waals surface area contributed by atoms with E-state index in [-0.39, 0.29) is 18.1 Å². The van der Waals surface area contributed by atoms with Gasteiger partial charge in [0.15, 0.2) is 17.5 Å². The van der Waals surface area contributed by atoms with E-state index in [0.717, 1.165) is 28.9 Å². The maximum atomic E-state index is 13.6. The number of aromatic nitrogens is 4. The third-order valence-corrected chi connectivity index (χ3v) is 4.66. The molecule has 130 valence electrons. The Labute approximate surface area is 140 Å². The van der Waals surface area contributed by atoms with Gasteiger partial charge in [0.05, 0.1) is 12.2 Å². The predicted octanol–water partition coefficient (Wildman–Crippen LogP) is 1.56. The highest BCUT2D eigenvalue weighted by Gasteiger charge is 2.20. The average molecular weight is 369 g/mol. The van der Waals surface area contributed by atoms with E-state index in [0.29, 0.717) is 0 Å². The molecular formula is C14H10F3N5O2S. The van der Waals surface area contributed by atoms with E-state index in [1.165, 1.54) is 18.2 Å². The van der Waals surface area contributed by atoms with Crippen LogP contribution in [0.3, 0.4) is 0 Å². The highest BCUT2D eigenvalue weighted by atomic mass is 32.2. The zero-order chi connectivity index (χ0) is 18.0. The number of hydrogen-bond donors (Lipinski definition) is 1. The van der Waals surface area contributed by atoms with E-state index in [1.54, 1.807) is 0 Å². The molecule has 0 atom stereocenters. The fourth-order valence-electron chi connectivity index (χ4n) is 2.03. The summed E-state index contributed by atoms with van der Waals surface area (Å²) >= 11 is 0. The van der Waals surface area contributed by atoms with Crippen molar-refractivity contribution in [3.05, 3.63) is 65.7 Å². The molecule has 1 aromatic heterocycles. The summed E-state index contributed by atoms with van der Waals surface area (Å²) in [5.74, 6) is -3.05. The number of nitrogens with zero attached hydrogens (tertiary/aromatic N) is 4. The summed E-state index contributed by atoms with van der Waals surface area (Å²) in [7, 11) is -4.15. The summed E-state index contributed by atoms with van der Waals surface area (Å²) in [6, 6.07) is 7.83. The first kappa shape index (κ1) is 17.0. The maximum absolute atomic E-state index is 13.6. The average Bonchev–Trinajstić information content (AvgIpc) is 3.04. The van der Waals surface area contributed by atoms with Crippen molar-refractivity contribution < 1.29 is 21.6 Å². The van der Waals surface area contributed by atoms with Crippen molar-refractivity contribution in [1.29, 1.82) is 0 Å². The van der Waals surface area contributed by atoms with Crippen molar-refractivity contribution in [2.24, 2.45) is 0 Å². The second-order valence-corrected chi connectivity index (χ2v) is 6.60. The van der Waals surface area contributed by atoms with Crippen LogP contribution in [0.2, 0.25) is 0 Å². The van der Waals surface area contributed by atoms with Crippen molar-refractivity contribution in [3.8, 4) is 5.69 Å². The van der Waals surface area contributed by atoms with Gasteiger partial charge in [-0.1, -0.05) is 12.1 Å². The molecule has 3 aromatic rings. The van der Waals surface area contributed by atoms with Crippen LogP contribution >= 0.6 is 0 Å². The number of halogens is 3. The van der Waals surface area contributed by atoms with Gasteiger partial charge in [0, 0.05) is 6.07 Å². The lowest BCUT2D eigenvalue weighted by molar-refractivity contribution is 0.507. The van der Waals surface area contributed by atoms with Gasteiger partial charge >= 0.3 is 0 Å². The van der Waals surface area contributed by atoms with Crippen LogP contribution in [-0.2, 0) is 16.6 Å². The molecule has 3 rings (SSSR count).